The number of H-pyrrole nitrogens is 1. The van der Waals surface area contributed by atoms with Crippen LogP contribution in [0.25, 0.3) is 56.4 Å². The zero-order chi connectivity index (χ0) is 70.1. The van der Waals surface area contributed by atoms with Gasteiger partial charge in [0.1, 0.15) is 25.1 Å². The molecule has 0 atom stereocenters. The van der Waals surface area contributed by atoms with Crippen LogP contribution in [0, 0.1) is 0 Å². The second kappa shape index (κ2) is 42.8. The number of hydrogen-bond donors (Lipinski definition) is 5. The largest absolute Gasteiger partial charge is 1.00 e. The Kier molecular flexibility index (Phi) is 34.9. The third kappa shape index (κ3) is 25.9. The van der Waals surface area contributed by atoms with E-state index in [9.17, 15) is 19.2 Å². The number of aromatic amines is 1. The van der Waals surface area contributed by atoms with Crippen molar-refractivity contribution in [2.75, 3.05) is 26.4 Å². The molecule has 508 valence electrons. The standard InChI is InChI=1S/C20H17N3O3.C13H12ClNO3.C13H13NO4.C7H9BO3.C7H6N2.C6H6ClNO3.Cl2OS.Na.H/c1-2-25-20(24)17-12-26-19(22-17)15-9-7-14(8-10-15)11-23-13-21-16-5-3-4-6-18(16)23;1-2-17-13(16)11-8-18-12(15-11)10-5-3-9(7-14)4-6-10;1-2-17-13(16)11-8-18-12(14-11)10-5-3-9(7-15)4-6-10;9-5-6-1-3-7(4-2-6)8(10)11;1-2-4-7-6(3-1)8-5-9-7;1-2-10-5(9)4-3-11-6(7)8-4;1-4(2)3;;/h3-10,12-13H,2,11H2,1H3;3-6,8H,2,7H2,1H3;3-6,8,15H,2,7H2,1H3;1-4,9-11H,5H2;1-5H,(H,8,9);3H,2H2,1H3;;;/q;;;;;;;+1;-1. The summed E-state index contributed by atoms with van der Waals surface area (Å²) in [7, 11) is 5.93. The first-order valence-corrected chi connectivity index (χ1v) is 32.8. The van der Waals surface area contributed by atoms with Crippen LogP contribution in [0.5, 0.6) is 0 Å². The first-order chi connectivity index (χ1) is 46.9. The molecule has 6 aromatic heterocycles. The topological polar surface area (TPSA) is 354 Å². The van der Waals surface area contributed by atoms with Crippen molar-refractivity contribution >= 4 is 112 Å². The average molecular weight is 1450 g/mol. The smallest absolute Gasteiger partial charge is 1.00 e. The fourth-order valence-electron chi connectivity index (χ4n) is 7.92. The molecular formula is C66H64BCl4N8NaO17S. The van der Waals surface area contributed by atoms with Gasteiger partial charge in [0, 0.05) is 50.5 Å². The molecule has 0 aliphatic carbocycles. The van der Waals surface area contributed by atoms with E-state index in [1.807, 2.05) is 97.3 Å². The summed E-state index contributed by atoms with van der Waals surface area (Å²) in [5.41, 5.74) is 11.3. The number of rotatable bonds is 17. The fourth-order valence-corrected chi connectivity index (χ4v) is 8.23. The number of nitrogens with zero attached hydrogens (tertiary/aromatic N) is 7. The van der Waals surface area contributed by atoms with Crippen LogP contribution in [0.3, 0.4) is 0 Å². The van der Waals surface area contributed by atoms with Crippen molar-refractivity contribution in [3.05, 3.63) is 234 Å². The normalized spacial score (nSPS) is 10.2. The maximum Gasteiger partial charge on any atom is 1.00 e. The monoisotopic (exact) mass is 1450 g/mol. The minimum Gasteiger partial charge on any atom is -1.00 e. The molecular weight excluding hydrogens is 1380 g/mol. The third-order valence-corrected chi connectivity index (χ3v) is 13.0. The maximum atomic E-state index is 11.7. The number of nitrogens with one attached hydrogen (secondary N) is 1. The number of hydrogen-bond acceptors (Lipinski definition) is 23. The molecule has 25 nitrogen and oxygen atoms in total. The first-order valence-electron chi connectivity index (χ1n) is 29.1. The zero-order valence-electron chi connectivity index (χ0n) is 54.2. The van der Waals surface area contributed by atoms with E-state index in [1.54, 1.807) is 82.6 Å². The molecule has 0 radical (unpaired) electrons. The summed E-state index contributed by atoms with van der Waals surface area (Å²) in [6.45, 7) is 8.83. The Morgan fingerprint density at radius 2 is 0.908 bits per heavy atom. The molecule has 98 heavy (non-hydrogen) atoms. The van der Waals surface area contributed by atoms with Gasteiger partial charge < -0.3 is 67.9 Å². The number of imidazole rings is 2. The minimum atomic E-state index is -1.67. The van der Waals surface area contributed by atoms with Crippen LogP contribution < -0.4 is 35.0 Å². The molecule has 12 rings (SSSR count). The summed E-state index contributed by atoms with van der Waals surface area (Å²) >= 11 is 11.0. The number of aliphatic hydroxyl groups excluding tert-OH is 2. The molecule has 0 saturated carbocycles. The summed E-state index contributed by atoms with van der Waals surface area (Å²) in [5.74, 6) is -0.395. The average Bonchev–Trinajstić information content (AvgIpc) is 1.73. The number of carbonyl (C=O) groups excluding carboxylic acids is 4. The van der Waals surface area contributed by atoms with E-state index >= 15 is 0 Å². The summed E-state index contributed by atoms with van der Waals surface area (Å²) < 4.78 is 50.8. The quantitative estimate of drug-likeness (QED) is 0.0186. The van der Waals surface area contributed by atoms with E-state index in [-0.39, 0.29) is 72.3 Å². The van der Waals surface area contributed by atoms with E-state index in [2.05, 4.69) is 76.0 Å². The predicted octanol–water partition coefficient (Wildman–Crippen LogP) is 9.27. The number of fused-ring (bicyclic) bond motifs is 2. The van der Waals surface area contributed by atoms with Crippen LogP contribution in [-0.2, 0) is 53.8 Å². The van der Waals surface area contributed by atoms with Gasteiger partial charge in [-0.2, -0.15) is 4.98 Å². The Hall–Kier alpha value is -8.81. The van der Waals surface area contributed by atoms with E-state index in [4.69, 9.17) is 75.1 Å². The second-order valence-corrected chi connectivity index (χ2v) is 22.2. The molecule has 0 saturated heterocycles. The van der Waals surface area contributed by atoms with Gasteiger partial charge in [-0.1, -0.05) is 84.9 Å². The summed E-state index contributed by atoms with van der Waals surface area (Å²) in [6, 6.07) is 44.8. The fraction of sp³-hybridized carbons (Fsp3) is 0.182. The summed E-state index contributed by atoms with van der Waals surface area (Å²) in [6.07, 6.45) is 8.58. The molecule has 0 bridgehead atoms. The Morgan fingerprint density at radius 3 is 1.30 bits per heavy atom. The molecule has 5 N–H and O–H groups in total. The molecule has 0 fully saturated rings. The number of benzene rings is 6. The Labute approximate surface area is 606 Å². The molecule has 6 aromatic carbocycles. The first kappa shape index (κ1) is 79.9. The van der Waals surface area contributed by atoms with E-state index in [0.29, 0.717) is 55.4 Å². The van der Waals surface area contributed by atoms with Crippen molar-refractivity contribution in [1.29, 1.82) is 0 Å². The molecule has 12 aromatic rings. The number of para-hydroxylation sites is 4. The van der Waals surface area contributed by atoms with Gasteiger partial charge in [0.25, 0.3) is 5.35 Å². The van der Waals surface area contributed by atoms with Gasteiger partial charge in [-0.15, -0.1) is 11.6 Å². The molecule has 6 heterocycles. The van der Waals surface area contributed by atoms with Gasteiger partial charge in [0.15, 0.2) is 22.8 Å². The molecule has 0 spiro atoms. The number of carbonyl (C=O) groups is 4. The number of alkyl halides is 1. The van der Waals surface area contributed by atoms with Crippen LogP contribution in [0.4, 0.5) is 0 Å². The summed E-state index contributed by atoms with van der Waals surface area (Å²) in [5, 5.41) is 34.9. The Balaban J connectivity index is 0.000000257. The van der Waals surface area contributed by atoms with Crippen molar-refractivity contribution in [2.24, 2.45) is 0 Å². The van der Waals surface area contributed by atoms with Crippen molar-refractivity contribution in [1.82, 2.24) is 39.5 Å². The van der Waals surface area contributed by atoms with Crippen LogP contribution >= 0.6 is 44.6 Å². The molecule has 0 aliphatic heterocycles. The van der Waals surface area contributed by atoms with Crippen molar-refractivity contribution in [2.45, 2.75) is 53.3 Å². The third-order valence-electron chi connectivity index (χ3n) is 12.5. The SMILES string of the molecule is CCOC(=O)c1coc(-c2ccc(CCl)cc2)n1.CCOC(=O)c1coc(-c2ccc(CO)cc2)n1.CCOC(=O)c1coc(-c2ccc(Cn3cnc4ccccc43)cc2)n1.CCOC(=O)c1coc(Cl)n1.O=S(Cl)Cl.OCc1ccc(B(O)O)cc1.[H-].[Na+].c1ccc2[nH]cnc2c1. The minimum absolute atomic E-state index is 0. The second-order valence-electron chi connectivity index (χ2n) is 19.1. The molecule has 0 amide bonds. The van der Waals surface area contributed by atoms with E-state index in [1.165, 1.54) is 18.8 Å². The van der Waals surface area contributed by atoms with Crippen LogP contribution in [0.2, 0.25) is 5.35 Å². The van der Waals surface area contributed by atoms with Crippen molar-refractivity contribution in [3.8, 4) is 34.4 Å². The Bertz CT molecular complexity index is 4260. The Morgan fingerprint density at radius 1 is 0.531 bits per heavy atom. The van der Waals surface area contributed by atoms with E-state index < -0.39 is 40.2 Å². The van der Waals surface area contributed by atoms with Gasteiger partial charge in [-0.25, -0.2) is 48.3 Å². The number of halogens is 4. The number of oxazole rings is 4. The van der Waals surface area contributed by atoms with Gasteiger partial charge in [0.05, 0.1) is 74.4 Å². The van der Waals surface area contributed by atoms with Crippen LogP contribution in [0.15, 0.2) is 201 Å². The molecule has 32 heteroatoms. The molecule has 0 unspecified atom stereocenters. The summed E-state index contributed by atoms with van der Waals surface area (Å²) in [4.78, 5) is 72.7. The van der Waals surface area contributed by atoms with Gasteiger partial charge in [-0.3, -0.25) is 0 Å². The van der Waals surface area contributed by atoms with E-state index in [0.717, 1.165) is 73.8 Å². The van der Waals surface area contributed by atoms with Gasteiger partial charge in [-0.05, 0) is 128 Å². The van der Waals surface area contributed by atoms with Gasteiger partial charge in [0.2, 0.25) is 26.9 Å². The van der Waals surface area contributed by atoms with Crippen molar-refractivity contribution < 1.29 is 111 Å². The number of aliphatic hydroxyl groups is 2. The molecule has 0 aliphatic rings. The van der Waals surface area contributed by atoms with Crippen LogP contribution in [0.1, 0.15) is 93.3 Å². The number of ether oxygens (including phenoxy) is 4. The number of esters is 4. The van der Waals surface area contributed by atoms with Crippen molar-refractivity contribution in [3.63, 3.8) is 0 Å². The zero-order valence-corrected chi connectivity index (χ0v) is 59.0. The van der Waals surface area contributed by atoms with Crippen LogP contribution in [-0.4, -0.2) is 121 Å². The van der Waals surface area contributed by atoms with Gasteiger partial charge >= 0.3 is 60.6 Å². The predicted molar refractivity (Wildman–Crippen MR) is 365 cm³/mol. The maximum absolute atomic E-state index is 11.7. The number of aromatic nitrogens is 8.